The summed E-state index contributed by atoms with van der Waals surface area (Å²) in [7, 11) is -3.38. The Labute approximate surface area is 125 Å². The molecule has 2 aromatic carbocycles. The largest absolute Gasteiger partial charge is 0.372 e. The fraction of sp³-hybridized carbons (Fsp3) is 0.294. The average molecular weight is 302 g/mol. The number of ether oxygens (including phenoxy) is 1. The molecule has 0 amide bonds. The van der Waals surface area contributed by atoms with Crippen LogP contribution in [0.2, 0.25) is 0 Å². The number of hydrogen-bond donors (Lipinski definition) is 0. The molecule has 2 atom stereocenters. The smallest absolute Gasteiger partial charge is 0.184 e. The summed E-state index contributed by atoms with van der Waals surface area (Å²) in [4.78, 5) is 0.376. The molecule has 0 bridgehead atoms. The second-order valence-electron chi connectivity index (χ2n) is 5.24. The summed E-state index contributed by atoms with van der Waals surface area (Å²) < 4.78 is 31.6. The number of benzene rings is 2. The lowest BCUT2D eigenvalue weighted by Gasteiger charge is -2.31. The van der Waals surface area contributed by atoms with Gasteiger partial charge in [-0.2, -0.15) is 0 Å². The van der Waals surface area contributed by atoms with Crippen molar-refractivity contribution in [2.45, 2.75) is 29.1 Å². The molecule has 3 rings (SSSR count). The molecule has 1 aliphatic heterocycles. The molecule has 110 valence electrons. The van der Waals surface area contributed by atoms with Gasteiger partial charge in [-0.15, -0.1) is 0 Å². The summed E-state index contributed by atoms with van der Waals surface area (Å²) in [6.45, 7) is 0.611. The fourth-order valence-corrected chi connectivity index (χ4v) is 4.73. The van der Waals surface area contributed by atoms with E-state index in [9.17, 15) is 8.42 Å². The van der Waals surface area contributed by atoms with Crippen LogP contribution in [0.25, 0.3) is 0 Å². The van der Waals surface area contributed by atoms with Gasteiger partial charge in [-0.05, 0) is 30.5 Å². The summed E-state index contributed by atoms with van der Waals surface area (Å²) in [5.74, 6) is 0. The highest BCUT2D eigenvalue weighted by molar-refractivity contribution is 7.92. The standard InChI is InChI=1S/C17H18O3S/c18-21(19,15-10-5-2-6-11-15)16-12-7-13-20-17(16)14-8-3-1-4-9-14/h1-6,8-11,16-17H,7,12-13H2/t16-,17+/m1/s1. The van der Waals surface area contributed by atoms with Gasteiger partial charge < -0.3 is 4.74 Å². The van der Waals surface area contributed by atoms with Crippen LogP contribution in [-0.2, 0) is 14.6 Å². The molecule has 1 saturated heterocycles. The predicted molar refractivity (Wildman–Crippen MR) is 81.8 cm³/mol. The van der Waals surface area contributed by atoms with Gasteiger partial charge >= 0.3 is 0 Å². The zero-order valence-electron chi connectivity index (χ0n) is 11.7. The van der Waals surface area contributed by atoms with Crippen LogP contribution in [0.3, 0.4) is 0 Å². The summed E-state index contributed by atoms with van der Waals surface area (Å²) in [6.07, 6.45) is 1.03. The minimum Gasteiger partial charge on any atom is -0.372 e. The second-order valence-corrected chi connectivity index (χ2v) is 7.41. The Morgan fingerprint density at radius 3 is 2.19 bits per heavy atom. The van der Waals surface area contributed by atoms with Crippen molar-refractivity contribution in [2.75, 3.05) is 6.61 Å². The summed E-state index contributed by atoms with van der Waals surface area (Å²) >= 11 is 0. The van der Waals surface area contributed by atoms with Crippen LogP contribution in [0, 0.1) is 0 Å². The van der Waals surface area contributed by atoms with Gasteiger partial charge in [-0.25, -0.2) is 8.42 Å². The van der Waals surface area contributed by atoms with E-state index in [4.69, 9.17) is 4.74 Å². The van der Waals surface area contributed by atoms with Gasteiger partial charge in [-0.1, -0.05) is 48.5 Å². The van der Waals surface area contributed by atoms with E-state index in [1.54, 1.807) is 24.3 Å². The average Bonchev–Trinajstić information content (AvgIpc) is 2.56. The normalized spacial score (nSPS) is 22.9. The maximum absolute atomic E-state index is 12.9. The van der Waals surface area contributed by atoms with Crippen LogP contribution in [0.15, 0.2) is 65.6 Å². The lowest BCUT2D eigenvalue weighted by molar-refractivity contribution is 0.0180. The maximum atomic E-state index is 12.9. The minimum absolute atomic E-state index is 0.376. The molecule has 0 spiro atoms. The summed E-state index contributed by atoms with van der Waals surface area (Å²) in [5, 5.41) is -0.518. The van der Waals surface area contributed by atoms with Crippen molar-refractivity contribution in [1.82, 2.24) is 0 Å². The number of hydrogen-bond acceptors (Lipinski definition) is 3. The topological polar surface area (TPSA) is 43.4 Å². The monoisotopic (exact) mass is 302 g/mol. The van der Waals surface area contributed by atoms with E-state index in [-0.39, 0.29) is 6.10 Å². The SMILES string of the molecule is O=S(=O)(c1ccccc1)[C@@H]1CCCO[C@H]1c1ccccc1. The zero-order valence-corrected chi connectivity index (χ0v) is 12.5. The molecular formula is C17H18O3S. The first-order chi connectivity index (χ1) is 10.2. The van der Waals surface area contributed by atoms with Gasteiger partial charge in [0, 0.05) is 6.61 Å². The van der Waals surface area contributed by atoms with Gasteiger partial charge in [0.1, 0.15) is 0 Å². The van der Waals surface area contributed by atoms with Crippen LogP contribution < -0.4 is 0 Å². The molecule has 0 radical (unpaired) electrons. The first-order valence-electron chi connectivity index (χ1n) is 7.15. The molecule has 2 aromatic rings. The van der Waals surface area contributed by atoms with Crippen molar-refractivity contribution in [3.63, 3.8) is 0 Å². The number of sulfone groups is 1. The van der Waals surface area contributed by atoms with Crippen molar-refractivity contribution < 1.29 is 13.2 Å². The molecule has 0 N–H and O–H groups in total. The molecule has 0 aromatic heterocycles. The quantitative estimate of drug-likeness (QED) is 0.873. The molecule has 1 fully saturated rings. The zero-order chi connectivity index (χ0) is 14.7. The van der Waals surface area contributed by atoms with Gasteiger partial charge in [0.15, 0.2) is 9.84 Å². The maximum Gasteiger partial charge on any atom is 0.184 e. The number of rotatable bonds is 3. The van der Waals surface area contributed by atoms with Crippen molar-refractivity contribution in [3.8, 4) is 0 Å². The first-order valence-corrected chi connectivity index (χ1v) is 8.70. The van der Waals surface area contributed by atoms with Crippen LogP contribution in [0.4, 0.5) is 0 Å². The molecule has 4 heteroatoms. The second kappa shape index (κ2) is 6.00. The van der Waals surface area contributed by atoms with Crippen molar-refractivity contribution >= 4 is 9.84 Å². The Kier molecular flexibility index (Phi) is 4.08. The van der Waals surface area contributed by atoms with E-state index >= 15 is 0 Å². The summed E-state index contributed by atoms with van der Waals surface area (Å²) in [6, 6.07) is 18.3. The molecule has 21 heavy (non-hydrogen) atoms. The fourth-order valence-electron chi connectivity index (χ4n) is 2.81. The Bertz CT molecular complexity index is 680. The van der Waals surface area contributed by atoms with E-state index in [1.165, 1.54) is 0 Å². The van der Waals surface area contributed by atoms with Crippen LogP contribution in [0.5, 0.6) is 0 Å². The Balaban J connectivity index is 1.99. The van der Waals surface area contributed by atoms with Gasteiger partial charge in [0.25, 0.3) is 0 Å². The molecule has 1 heterocycles. The minimum atomic E-state index is -3.38. The Hall–Kier alpha value is -1.65. The predicted octanol–water partition coefficient (Wildman–Crippen LogP) is 3.38. The Morgan fingerprint density at radius 2 is 1.52 bits per heavy atom. The van der Waals surface area contributed by atoms with Crippen LogP contribution in [-0.4, -0.2) is 20.3 Å². The van der Waals surface area contributed by atoms with E-state index in [2.05, 4.69) is 0 Å². The molecule has 3 nitrogen and oxygen atoms in total. The van der Waals surface area contributed by atoms with Gasteiger partial charge in [0.05, 0.1) is 16.2 Å². The highest BCUT2D eigenvalue weighted by Crippen LogP contribution is 2.35. The van der Waals surface area contributed by atoms with Gasteiger partial charge in [-0.3, -0.25) is 0 Å². The molecule has 0 aliphatic carbocycles. The van der Waals surface area contributed by atoms with Crippen molar-refractivity contribution in [3.05, 3.63) is 66.2 Å². The third-order valence-corrected chi connectivity index (χ3v) is 6.08. The van der Waals surface area contributed by atoms with Crippen molar-refractivity contribution in [2.24, 2.45) is 0 Å². The molecule has 0 unspecified atom stereocenters. The molecule has 1 aliphatic rings. The lowest BCUT2D eigenvalue weighted by Crippen LogP contribution is -2.34. The highest BCUT2D eigenvalue weighted by Gasteiger charge is 2.38. The van der Waals surface area contributed by atoms with Gasteiger partial charge in [0.2, 0.25) is 0 Å². The third-order valence-electron chi connectivity index (χ3n) is 3.87. The summed E-state index contributed by atoms with van der Waals surface area (Å²) in [5.41, 5.74) is 0.932. The van der Waals surface area contributed by atoms with Crippen LogP contribution in [0.1, 0.15) is 24.5 Å². The van der Waals surface area contributed by atoms with Crippen molar-refractivity contribution in [1.29, 1.82) is 0 Å². The highest BCUT2D eigenvalue weighted by atomic mass is 32.2. The molecule has 0 saturated carbocycles. The van der Waals surface area contributed by atoms with E-state index in [0.29, 0.717) is 17.9 Å². The first kappa shape index (κ1) is 14.3. The van der Waals surface area contributed by atoms with E-state index < -0.39 is 15.1 Å². The van der Waals surface area contributed by atoms with Crippen LogP contribution >= 0.6 is 0 Å². The van der Waals surface area contributed by atoms with E-state index in [1.807, 2.05) is 36.4 Å². The molecular weight excluding hydrogens is 284 g/mol. The Morgan fingerprint density at radius 1 is 0.905 bits per heavy atom. The lowest BCUT2D eigenvalue weighted by atomic mass is 10.0. The third kappa shape index (κ3) is 2.87. The van der Waals surface area contributed by atoms with E-state index in [0.717, 1.165) is 12.0 Å².